The van der Waals surface area contributed by atoms with Gasteiger partial charge in [0.1, 0.15) is 6.04 Å². The molecule has 0 aliphatic carbocycles. The summed E-state index contributed by atoms with van der Waals surface area (Å²) in [5.74, 6) is 0.753. The lowest BCUT2D eigenvalue weighted by molar-refractivity contribution is -0.135. The predicted molar refractivity (Wildman–Crippen MR) is 93.2 cm³/mol. The summed E-state index contributed by atoms with van der Waals surface area (Å²) in [7, 11) is 2.17. The van der Waals surface area contributed by atoms with E-state index in [1.807, 2.05) is 11.0 Å². The van der Waals surface area contributed by atoms with E-state index < -0.39 is 0 Å². The number of hydrogen-bond acceptors (Lipinski definition) is 3. The Hall–Kier alpha value is -1.88. The molecule has 1 aromatic rings. The number of nitrogens with one attached hydrogen (secondary N) is 1. The van der Waals surface area contributed by atoms with E-state index in [0.717, 1.165) is 39.0 Å². The van der Waals surface area contributed by atoms with Crippen LogP contribution in [0.15, 0.2) is 30.3 Å². The molecule has 2 saturated heterocycles. The van der Waals surface area contributed by atoms with Gasteiger partial charge in [-0.3, -0.25) is 9.59 Å². The molecule has 2 aliphatic heterocycles. The third-order valence-corrected chi connectivity index (χ3v) is 5.08. The van der Waals surface area contributed by atoms with E-state index in [1.54, 1.807) is 0 Å². The van der Waals surface area contributed by atoms with Crippen molar-refractivity contribution < 1.29 is 9.59 Å². The Morgan fingerprint density at radius 2 is 1.92 bits per heavy atom. The van der Waals surface area contributed by atoms with E-state index in [2.05, 4.69) is 41.5 Å². The zero-order chi connectivity index (χ0) is 16.9. The predicted octanol–water partition coefficient (Wildman–Crippen LogP) is 1.64. The van der Waals surface area contributed by atoms with Gasteiger partial charge < -0.3 is 15.1 Å². The maximum atomic E-state index is 12.4. The van der Waals surface area contributed by atoms with Crippen LogP contribution in [0.1, 0.15) is 31.2 Å². The van der Waals surface area contributed by atoms with Crippen LogP contribution in [0.4, 0.5) is 0 Å². The van der Waals surface area contributed by atoms with E-state index >= 15 is 0 Å². The number of amides is 2. The molecule has 24 heavy (non-hydrogen) atoms. The third-order valence-electron chi connectivity index (χ3n) is 5.08. The maximum Gasteiger partial charge on any atom is 0.245 e. The van der Waals surface area contributed by atoms with Gasteiger partial charge in [-0.25, -0.2) is 0 Å². The Morgan fingerprint density at radius 3 is 2.54 bits per heavy atom. The zero-order valence-corrected chi connectivity index (χ0v) is 14.4. The molecule has 5 heteroatoms. The second-order valence-electron chi connectivity index (χ2n) is 7.11. The molecule has 0 bridgehead atoms. The van der Waals surface area contributed by atoms with Gasteiger partial charge in [0.05, 0.1) is 0 Å². The van der Waals surface area contributed by atoms with Gasteiger partial charge in [-0.1, -0.05) is 30.3 Å². The highest BCUT2D eigenvalue weighted by Crippen LogP contribution is 2.21. The molecule has 0 saturated carbocycles. The first-order valence-corrected chi connectivity index (χ1v) is 8.92. The topological polar surface area (TPSA) is 52.7 Å². The lowest BCUT2D eigenvalue weighted by atomic mass is 9.95. The van der Waals surface area contributed by atoms with Crippen LogP contribution >= 0.6 is 0 Å². The molecule has 1 aromatic carbocycles. The van der Waals surface area contributed by atoms with Gasteiger partial charge in [0.25, 0.3) is 0 Å². The molecule has 1 atom stereocenters. The SMILES string of the molecule is CN(Cc1ccccc1)CC1CCN(C(=O)C2CCC(=O)N2)CC1. The molecule has 5 nitrogen and oxygen atoms in total. The van der Waals surface area contributed by atoms with Crippen LogP contribution in [0.5, 0.6) is 0 Å². The number of rotatable bonds is 5. The first kappa shape index (κ1) is 17.0. The number of carbonyl (C=O) groups is 2. The highest BCUT2D eigenvalue weighted by Gasteiger charge is 2.32. The Kier molecular flexibility index (Phi) is 5.51. The number of benzene rings is 1. The minimum absolute atomic E-state index is 0.00535. The van der Waals surface area contributed by atoms with Crippen molar-refractivity contribution in [3.05, 3.63) is 35.9 Å². The fraction of sp³-hybridized carbons (Fsp3) is 0.579. The summed E-state index contributed by atoms with van der Waals surface area (Å²) in [6.07, 6.45) is 3.23. The molecular formula is C19H27N3O2. The minimum atomic E-state index is -0.283. The van der Waals surface area contributed by atoms with Crippen LogP contribution in [0.25, 0.3) is 0 Å². The summed E-state index contributed by atoms with van der Waals surface area (Å²) in [4.78, 5) is 28.0. The van der Waals surface area contributed by atoms with Gasteiger partial charge >= 0.3 is 0 Å². The lowest BCUT2D eigenvalue weighted by Gasteiger charge is -2.35. The summed E-state index contributed by atoms with van der Waals surface area (Å²) < 4.78 is 0. The van der Waals surface area contributed by atoms with Gasteiger partial charge in [-0.2, -0.15) is 0 Å². The summed E-state index contributed by atoms with van der Waals surface area (Å²) >= 11 is 0. The van der Waals surface area contributed by atoms with Crippen molar-refractivity contribution in [1.29, 1.82) is 0 Å². The first-order valence-electron chi connectivity index (χ1n) is 8.92. The minimum Gasteiger partial charge on any atom is -0.344 e. The monoisotopic (exact) mass is 329 g/mol. The fourth-order valence-electron chi connectivity index (χ4n) is 3.76. The van der Waals surface area contributed by atoms with Crippen LogP contribution in [-0.4, -0.2) is 54.3 Å². The molecule has 130 valence electrons. The van der Waals surface area contributed by atoms with E-state index in [1.165, 1.54) is 5.56 Å². The normalized spacial score (nSPS) is 22.0. The maximum absolute atomic E-state index is 12.4. The number of carbonyl (C=O) groups excluding carboxylic acids is 2. The van der Waals surface area contributed by atoms with Crippen LogP contribution in [0.3, 0.4) is 0 Å². The fourth-order valence-corrected chi connectivity index (χ4v) is 3.76. The molecule has 2 heterocycles. The van der Waals surface area contributed by atoms with Crippen molar-refractivity contribution in [2.24, 2.45) is 5.92 Å². The average Bonchev–Trinajstić information content (AvgIpc) is 3.02. The quantitative estimate of drug-likeness (QED) is 0.893. The van der Waals surface area contributed by atoms with Gasteiger partial charge in [0, 0.05) is 32.6 Å². The summed E-state index contributed by atoms with van der Waals surface area (Å²) in [6.45, 7) is 3.66. The zero-order valence-electron chi connectivity index (χ0n) is 14.4. The van der Waals surface area contributed by atoms with Gasteiger partial charge in [-0.15, -0.1) is 0 Å². The van der Waals surface area contributed by atoms with Crippen molar-refractivity contribution in [1.82, 2.24) is 15.1 Å². The Bertz CT molecular complexity index is 567. The Morgan fingerprint density at radius 1 is 1.21 bits per heavy atom. The molecule has 2 fully saturated rings. The Balaban J connectivity index is 1.42. The molecule has 0 radical (unpaired) electrons. The molecule has 3 rings (SSSR count). The summed E-state index contributed by atoms with van der Waals surface area (Å²) in [5, 5.41) is 2.78. The van der Waals surface area contributed by atoms with Gasteiger partial charge in [0.15, 0.2) is 0 Å². The smallest absolute Gasteiger partial charge is 0.245 e. The number of nitrogens with zero attached hydrogens (tertiary/aromatic N) is 2. The van der Waals surface area contributed by atoms with E-state index in [-0.39, 0.29) is 17.9 Å². The van der Waals surface area contributed by atoms with Gasteiger partial charge in [0.2, 0.25) is 11.8 Å². The highest BCUT2D eigenvalue weighted by molar-refractivity contribution is 5.90. The molecule has 0 spiro atoms. The molecule has 1 unspecified atom stereocenters. The van der Waals surface area contributed by atoms with Crippen molar-refractivity contribution in [2.75, 3.05) is 26.7 Å². The second kappa shape index (κ2) is 7.79. The van der Waals surface area contributed by atoms with E-state index in [0.29, 0.717) is 18.8 Å². The van der Waals surface area contributed by atoms with Crippen LogP contribution in [0.2, 0.25) is 0 Å². The number of likely N-dealkylation sites (tertiary alicyclic amines) is 1. The van der Waals surface area contributed by atoms with Crippen molar-refractivity contribution >= 4 is 11.8 Å². The molecule has 2 amide bonds. The van der Waals surface area contributed by atoms with Crippen molar-refractivity contribution in [3.63, 3.8) is 0 Å². The largest absolute Gasteiger partial charge is 0.344 e. The standard InChI is InChI=1S/C19H27N3O2/c1-21(13-15-5-3-2-4-6-15)14-16-9-11-22(12-10-16)19(24)17-7-8-18(23)20-17/h2-6,16-17H,7-14H2,1H3,(H,20,23). The van der Waals surface area contributed by atoms with Crippen LogP contribution in [0, 0.1) is 5.92 Å². The van der Waals surface area contributed by atoms with E-state index in [9.17, 15) is 9.59 Å². The molecular weight excluding hydrogens is 302 g/mol. The summed E-state index contributed by atoms with van der Waals surface area (Å²) in [5.41, 5.74) is 1.34. The Labute approximate surface area is 144 Å². The van der Waals surface area contributed by atoms with Crippen molar-refractivity contribution in [2.45, 2.75) is 38.3 Å². The average molecular weight is 329 g/mol. The summed E-state index contributed by atoms with van der Waals surface area (Å²) in [6, 6.07) is 10.2. The van der Waals surface area contributed by atoms with Crippen LogP contribution < -0.4 is 5.32 Å². The molecule has 2 aliphatic rings. The second-order valence-corrected chi connectivity index (χ2v) is 7.11. The van der Waals surface area contributed by atoms with E-state index in [4.69, 9.17) is 0 Å². The molecule has 1 N–H and O–H groups in total. The molecule has 0 aromatic heterocycles. The third kappa shape index (κ3) is 4.35. The number of piperidine rings is 1. The lowest BCUT2D eigenvalue weighted by Crippen LogP contribution is -2.48. The van der Waals surface area contributed by atoms with Gasteiger partial charge in [-0.05, 0) is 37.8 Å². The van der Waals surface area contributed by atoms with Crippen LogP contribution in [-0.2, 0) is 16.1 Å². The van der Waals surface area contributed by atoms with Crippen molar-refractivity contribution in [3.8, 4) is 0 Å². The number of hydrogen-bond donors (Lipinski definition) is 1. The highest BCUT2D eigenvalue weighted by atomic mass is 16.2. The first-order chi connectivity index (χ1) is 11.6.